The van der Waals surface area contributed by atoms with E-state index < -0.39 is 35.8 Å². The smallest absolute Gasteiger partial charge is 0.243 e. The van der Waals surface area contributed by atoms with Crippen molar-refractivity contribution in [2.75, 3.05) is 20.1 Å². The number of likely N-dealkylation sites (N-methyl/N-ethyl adjacent to an activating group) is 1. The fraction of sp³-hybridized carbons (Fsp3) is 0.769. The molecule has 7 N–H and O–H groups in total. The second-order valence-electron chi connectivity index (χ2n) is 9.49. The van der Waals surface area contributed by atoms with Crippen LogP contribution in [0.15, 0.2) is 0 Å². The summed E-state index contributed by atoms with van der Waals surface area (Å²) in [6, 6.07) is -2.20. The molecule has 12 heteroatoms. The molecule has 12 nitrogen and oxygen atoms in total. The van der Waals surface area contributed by atoms with Gasteiger partial charge in [0.05, 0.1) is 12.6 Å². The van der Waals surface area contributed by atoms with Crippen molar-refractivity contribution in [3.63, 3.8) is 0 Å². The van der Waals surface area contributed by atoms with Crippen LogP contribution in [0.1, 0.15) is 80.1 Å². The van der Waals surface area contributed by atoms with E-state index in [1.54, 1.807) is 7.05 Å². The Morgan fingerprint density at radius 3 is 1.97 bits per heavy atom. The molecule has 0 aromatic heterocycles. The lowest BCUT2D eigenvalue weighted by molar-refractivity contribution is -0.132. The molecule has 0 saturated heterocycles. The van der Waals surface area contributed by atoms with Gasteiger partial charge in [0.2, 0.25) is 29.5 Å². The number of nitrogens with one attached hydrogen (secondary N) is 5. The first-order valence-electron chi connectivity index (χ1n) is 13.5. The van der Waals surface area contributed by atoms with Crippen LogP contribution in [0.5, 0.6) is 0 Å². The van der Waals surface area contributed by atoms with Crippen molar-refractivity contribution in [3.05, 3.63) is 0 Å². The van der Waals surface area contributed by atoms with Crippen LogP contribution in [-0.4, -0.2) is 74.1 Å². The highest BCUT2D eigenvalue weighted by atomic mass is 16.2. The summed E-state index contributed by atoms with van der Waals surface area (Å²) >= 11 is 0. The van der Waals surface area contributed by atoms with Gasteiger partial charge >= 0.3 is 0 Å². The van der Waals surface area contributed by atoms with Crippen molar-refractivity contribution < 1.29 is 28.8 Å². The summed E-state index contributed by atoms with van der Waals surface area (Å²) in [5, 5.41) is 13.4. The van der Waals surface area contributed by atoms with Gasteiger partial charge in [-0.15, -0.1) is 0 Å². The van der Waals surface area contributed by atoms with Crippen LogP contribution < -0.4 is 32.3 Å². The molecule has 0 saturated carbocycles. The van der Waals surface area contributed by atoms with Crippen molar-refractivity contribution in [1.29, 1.82) is 0 Å². The molecule has 3 unspecified atom stereocenters. The molecule has 0 radical (unpaired) electrons. The molecule has 0 spiro atoms. The molecule has 0 aliphatic carbocycles. The predicted octanol–water partition coefficient (Wildman–Crippen LogP) is 0.139. The second kappa shape index (κ2) is 22.0. The SMILES string of the molecule is CC.CNC(C(=O)NC(CC(C)C)C(=O)NCC(=O)NC(CCCCNC(=O)CCC=O)C(N)=O)C(C)C. The van der Waals surface area contributed by atoms with Crippen molar-refractivity contribution in [1.82, 2.24) is 26.6 Å². The fourth-order valence-corrected chi connectivity index (χ4v) is 3.53. The lowest BCUT2D eigenvalue weighted by atomic mass is 10.00. The third kappa shape index (κ3) is 17.4. The van der Waals surface area contributed by atoms with Gasteiger partial charge in [-0.05, 0) is 44.6 Å². The van der Waals surface area contributed by atoms with Crippen LogP contribution in [0.25, 0.3) is 0 Å². The highest BCUT2D eigenvalue weighted by Gasteiger charge is 2.27. The van der Waals surface area contributed by atoms with Crippen LogP contribution in [0.4, 0.5) is 0 Å². The fourth-order valence-electron chi connectivity index (χ4n) is 3.53. The zero-order chi connectivity index (χ0) is 29.7. The summed E-state index contributed by atoms with van der Waals surface area (Å²) < 4.78 is 0. The van der Waals surface area contributed by atoms with Gasteiger partial charge in [0, 0.05) is 19.4 Å². The molecule has 0 bridgehead atoms. The van der Waals surface area contributed by atoms with Crippen molar-refractivity contribution in [2.45, 2.75) is 98.2 Å². The van der Waals surface area contributed by atoms with Crippen LogP contribution in [-0.2, 0) is 28.8 Å². The third-order valence-corrected chi connectivity index (χ3v) is 5.43. The van der Waals surface area contributed by atoms with E-state index in [0.717, 1.165) is 0 Å². The van der Waals surface area contributed by atoms with E-state index in [-0.39, 0.29) is 49.5 Å². The standard InChI is InChI=1S/C24H44N6O6.C2H6/c1-15(2)13-18(30-24(36)21(26-5)16(3)4)23(35)28-14-20(33)29-17(22(25)34)9-6-7-11-27-19(32)10-8-12-31;1-2/h12,15-18,21,26H,6-11,13-14H2,1-5H3,(H2,25,34)(H,27,32)(H,28,35)(H,29,33)(H,30,36);1-2H3. The number of aldehydes is 1. The van der Waals surface area contributed by atoms with Crippen LogP contribution in [0.2, 0.25) is 0 Å². The van der Waals surface area contributed by atoms with E-state index in [1.807, 2.05) is 41.5 Å². The number of hydrogen-bond acceptors (Lipinski definition) is 7. The third-order valence-electron chi connectivity index (χ3n) is 5.43. The van der Waals surface area contributed by atoms with E-state index in [9.17, 15) is 28.8 Å². The van der Waals surface area contributed by atoms with E-state index in [0.29, 0.717) is 32.1 Å². The number of carbonyl (C=O) groups is 6. The lowest BCUT2D eigenvalue weighted by Gasteiger charge is -2.25. The largest absolute Gasteiger partial charge is 0.368 e. The van der Waals surface area contributed by atoms with Crippen LogP contribution in [0.3, 0.4) is 0 Å². The minimum atomic E-state index is -0.922. The number of primary amides is 1. The highest BCUT2D eigenvalue weighted by molar-refractivity contribution is 5.93. The Labute approximate surface area is 227 Å². The maximum Gasteiger partial charge on any atom is 0.243 e. The zero-order valence-electron chi connectivity index (χ0n) is 24.1. The number of hydrogen-bond donors (Lipinski definition) is 6. The van der Waals surface area contributed by atoms with Gasteiger partial charge in [-0.2, -0.15) is 0 Å². The average molecular weight is 543 g/mol. The first-order valence-corrected chi connectivity index (χ1v) is 13.5. The number of nitrogens with two attached hydrogens (primary N) is 1. The minimum Gasteiger partial charge on any atom is -0.368 e. The summed E-state index contributed by atoms with van der Waals surface area (Å²) in [6.45, 7) is 11.6. The van der Waals surface area contributed by atoms with E-state index in [1.165, 1.54) is 0 Å². The molecule has 0 aromatic rings. The Kier molecular flexibility index (Phi) is 21.5. The maximum absolute atomic E-state index is 12.7. The van der Waals surface area contributed by atoms with Crippen molar-refractivity contribution in [2.24, 2.45) is 17.6 Å². The van der Waals surface area contributed by atoms with Gasteiger partial charge in [-0.3, -0.25) is 24.0 Å². The van der Waals surface area contributed by atoms with Gasteiger partial charge in [-0.1, -0.05) is 41.5 Å². The molecular formula is C26H50N6O6. The van der Waals surface area contributed by atoms with E-state index in [2.05, 4.69) is 26.6 Å². The van der Waals surface area contributed by atoms with Crippen molar-refractivity contribution in [3.8, 4) is 0 Å². The highest BCUT2D eigenvalue weighted by Crippen LogP contribution is 2.08. The average Bonchev–Trinajstić information content (AvgIpc) is 2.85. The van der Waals surface area contributed by atoms with Crippen LogP contribution in [0, 0.1) is 11.8 Å². The molecule has 38 heavy (non-hydrogen) atoms. The molecule has 0 aliphatic heterocycles. The molecule has 0 heterocycles. The first kappa shape index (κ1) is 37.1. The van der Waals surface area contributed by atoms with Crippen LogP contribution >= 0.6 is 0 Å². The van der Waals surface area contributed by atoms with Gasteiger partial charge < -0.3 is 37.1 Å². The molecule has 0 rings (SSSR count). The first-order chi connectivity index (χ1) is 17.9. The van der Waals surface area contributed by atoms with Gasteiger partial charge in [-0.25, -0.2) is 0 Å². The summed E-state index contributed by atoms with van der Waals surface area (Å²) in [4.78, 5) is 71.1. The maximum atomic E-state index is 12.7. The predicted molar refractivity (Wildman–Crippen MR) is 147 cm³/mol. The number of carbonyl (C=O) groups excluding carboxylic acids is 6. The summed E-state index contributed by atoms with van der Waals surface area (Å²) in [7, 11) is 1.67. The monoisotopic (exact) mass is 542 g/mol. The Morgan fingerprint density at radius 1 is 0.842 bits per heavy atom. The number of rotatable bonds is 19. The molecule has 3 atom stereocenters. The molecule has 220 valence electrons. The molecule has 0 fully saturated rings. The van der Waals surface area contributed by atoms with E-state index in [4.69, 9.17) is 5.73 Å². The van der Waals surface area contributed by atoms with Crippen molar-refractivity contribution >= 4 is 35.8 Å². The number of amides is 5. The minimum absolute atomic E-state index is 0.0213. The molecule has 0 aliphatic rings. The van der Waals surface area contributed by atoms with Gasteiger partial charge in [0.15, 0.2) is 0 Å². The summed E-state index contributed by atoms with van der Waals surface area (Å²) in [5.41, 5.74) is 5.39. The van der Waals surface area contributed by atoms with E-state index >= 15 is 0 Å². The zero-order valence-corrected chi connectivity index (χ0v) is 24.1. The Bertz CT molecular complexity index is 744. The Morgan fingerprint density at radius 2 is 1.47 bits per heavy atom. The Hall–Kier alpha value is -3.02. The Balaban J connectivity index is 0. The summed E-state index contributed by atoms with van der Waals surface area (Å²) in [6.07, 6.45) is 2.70. The lowest BCUT2D eigenvalue weighted by Crippen LogP contribution is -2.55. The second-order valence-corrected chi connectivity index (χ2v) is 9.49. The molecular weight excluding hydrogens is 492 g/mol. The number of unbranched alkanes of at least 4 members (excludes halogenated alkanes) is 1. The quantitative estimate of drug-likeness (QED) is 0.0988. The molecule has 0 aromatic carbocycles. The normalized spacial score (nSPS) is 12.9. The summed E-state index contributed by atoms with van der Waals surface area (Å²) in [5.74, 6) is -2.17. The molecule has 5 amide bonds. The van der Waals surface area contributed by atoms with Gasteiger partial charge in [0.25, 0.3) is 0 Å². The topological polar surface area (TPSA) is 189 Å². The van der Waals surface area contributed by atoms with Gasteiger partial charge in [0.1, 0.15) is 18.4 Å².